The van der Waals surface area contributed by atoms with Gasteiger partial charge in [-0.3, -0.25) is 0 Å². The van der Waals surface area contributed by atoms with Crippen LogP contribution in [-0.2, 0) is 14.6 Å². The number of hydrogen-bond donors (Lipinski definition) is 0. The van der Waals surface area contributed by atoms with E-state index < -0.39 is 39.5 Å². The first-order valence-electron chi connectivity index (χ1n) is 4.08. The highest BCUT2D eigenvalue weighted by Gasteiger charge is 2.51. The summed E-state index contributed by atoms with van der Waals surface area (Å²) in [5.41, 5.74) is 0. The van der Waals surface area contributed by atoms with Crippen molar-refractivity contribution in [2.75, 3.05) is 12.9 Å². The van der Waals surface area contributed by atoms with Gasteiger partial charge in [-0.15, -0.1) is 0 Å². The first kappa shape index (κ1) is 11.8. The predicted octanol–water partition coefficient (Wildman–Crippen LogP) is 1.14. The Kier molecular flexibility index (Phi) is 3.10. The van der Waals surface area contributed by atoms with Crippen LogP contribution in [0.25, 0.3) is 0 Å². The lowest BCUT2D eigenvalue weighted by atomic mass is 10.1. The third kappa shape index (κ3) is 2.38. The maximum atomic E-state index is 12.3. The maximum absolute atomic E-state index is 12.3. The Bertz CT molecular complexity index is 296. The standard InChI is InChI=1S/C7H11F3O3S/c1-13-5-2-3-14(11,12)6(4-5)7(8,9)10/h5-6H,2-4H2,1H3. The first-order valence-corrected chi connectivity index (χ1v) is 5.80. The molecule has 1 fully saturated rings. The molecule has 0 aromatic rings. The van der Waals surface area contributed by atoms with Gasteiger partial charge < -0.3 is 4.74 Å². The van der Waals surface area contributed by atoms with Crippen molar-refractivity contribution in [3.63, 3.8) is 0 Å². The number of ether oxygens (including phenoxy) is 1. The normalized spacial score (nSPS) is 32.9. The van der Waals surface area contributed by atoms with E-state index in [4.69, 9.17) is 4.74 Å². The zero-order valence-electron chi connectivity index (χ0n) is 7.54. The third-order valence-electron chi connectivity index (χ3n) is 2.33. The fraction of sp³-hybridized carbons (Fsp3) is 1.00. The van der Waals surface area contributed by atoms with Gasteiger partial charge in [0.05, 0.1) is 11.9 Å². The first-order chi connectivity index (χ1) is 6.27. The highest BCUT2D eigenvalue weighted by Crippen LogP contribution is 2.34. The van der Waals surface area contributed by atoms with Crippen LogP contribution in [0.5, 0.6) is 0 Å². The van der Waals surface area contributed by atoms with E-state index >= 15 is 0 Å². The van der Waals surface area contributed by atoms with E-state index in [9.17, 15) is 21.6 Å². The Morgan fingerprint density at radius 1 is 1.36 bits per heavy atom. The van der Waals surface area contributed by atoms with Crippen molar-refractivity contribution < 1.29 is 26.3 Å². The van der Waals surface area contributed by atoms with E-state index in [-0.39, 0.29) is 6.42 Å². The summed E-state index contributed by atoms with van der Waals surface area (Å²) in [5.74, 6) is -0.449. The molecule has 7 heteroatoms. The van der Waals surface area contributed by atoms with Crippen LogP contribution in [0.4, 0.5) is 13.2 Å². The Hall–Kier alpha value is -0.300. The van der Waals surface area contributed by atoms with E-state index in [2.05, 4.69) is 0 Å². The Labute approximate surface area is 80.2 Å². The van der Waals surface area contributed by atoms with Gasteiger partial charge in [0.15, 0.2) is 15.1 Å². The van der Waals surface area contributed by atoms with Crippen LogP contribution in [0.1, 0.15) is 12.8 Å². The lowest BCUT2D eigenvalue weighted by Gasteiger charge is -2.29. The Morgan fingerprint density at radius 3 is 2.36 bits per heavy atom. The van der Waals surface area contributed by atoms with Gasteiger partial charge in [0.2, 0.25) is 0 Å². The SMILES string of the molecule is COC1CCS(=O)(=O)C(C(F)(F)F)C1. The fourth-order valence-corrected chi connectivity index (χ4v) is 3.28. The van der Waals surface area contributed by atoms with Crippen molar-refractivity contribution in [2.24, 2.45) is 0 Å². The minimum absolute atomic E-state index is 0.144. The van der Waals surface area contributed by atoms with Crippen LogP contribution >= 0.6 is 0 Å². The monoisotopic (exact) mass is 232 g/mol. The van der Waals surface area contributed by atoms with Crippen molar-refractivity contribution in [2.45, 2.75) is 30.4 Å². The van der Waals surface area contributed by atoms with Crippen molar-refractivity contribution in [3.8, 4) is 0 Å². The molecule has 0 saturated carbocycles. The molecule has 0 radical (unpaired) electrons. The lowest BCUT2D eigenvalue weighted by molar-refractivity contribution is -0.138. The van der Waals surface area contributed by atoms with Gasteiger partial charge in [0.25, 0.3) is 0 Å². The molecule has 2 atom stereocenters. The molecular formula is C7H11F3O3S. The molecule has 1 saturated heterocycles. The second kappa shape index (κ2) is 3.69. The average molecular weight is 232 g/mol. The molecule has 2 unspecified atom stereocenters. The minimum atomic E-state index is -4.68. The van der Waals surface area contributed by atoms with Crippen LogP contribution < -0.4 is 0 Å². The number of rotatable bonds is 1. The molecule has 0 amide bonds. The number of sulfone groups is 1. The number of methoxy groups -OCH3 is 1. The summed E-state index contributed by atoms with van der Waals surface area (Å²) >= 11 is 0. The summed E-state index contributed by atoms with van der Waals surface area (Å²) in [4.78, 5) is 0. The van der Waals surface area contributed by atoms with E-state index in [1.807, 2.05) is 0 Å². The molecule has 0 N–H and O–H groups in total. The zero-order valence-corrected chi connectivity index (χ0v) is 8.36. The smallest absolute Gasteiger partial charge is 0.381 e. The molecule has 1 aliphatic rings. The fourth-order valence-electron chi connectivity index (χ4n) is 1.49. The molecule has 0 aliphatic carbocycles. The van der Waals surface area contributed by atoms with Gasteiger partial charge in [0.1, 0.15) is 0 Å². The summed E-state index contributed by atoms with van der Waals surface area (Å²) in [6, 6.07) is 0. The molecular weight excluding hydrogens is 221 g/mol. The number of halogens is 3. The summed E-state index contributed by atoms with van der Waals surface area (Å²) < 4.78 is 63.9. The number of alkyl halides is 3. The molecule has 84 valence electrons. The molecule has 0 spiro atoms. The molecule has 1 rings (SSSR count). The van der Waals surface area contributed by atoms with E-state index in [0.29, 0.717) is 0 Å². The number of hydrogen-bond acceptors (Lipinski definition) is 3. The molecule has 0 bridgehead atoms. The van der Waals surface area contributed by atoms with Gasteiger partial charge >= 0.3 is 6.18 Å². The van der Waals surface area contributed by atoms with Gasteiger partial charge in [-0.2, -0.15) is 13.2 Å². The van der Waals surface area contributed by atoms with Gasteiger partial charge in [0, 0.05) is 7.11 Å². The Balaban J connectivity index is 2.88. The van der Waals surface area contributed by atoms with Crippen molar-refractivity contribution in [3.05, 3.63) is 0 Å². The zero-order chi connectivity index (χ0) is 11.0. The minimum Gasteiger partial charge on any atom is -0.381 e. The van der Waals surface area contributed by atoms with Crippen LogP contribution in [-0.4, -0.2) is 38.8 Å². The highest BCUT2D eigenvalue weighted by molar-refractivity contribution is 7.92. The lowest BCUT2D eigenvalue weighted by Crippen LogP contribution is -2.45. The summed E-state index contributed by atoms with van der Waals surface area (Å²) in [6.07, 6.45) is -5.63. The molecule has 0 aromatic heterocycles. The maximum Gasteiger partial charge on any atom is 0.405 e. The van der Waals surface area contributed by atoms with Crippen molar-refractivity contribution in [1.29, 1.82) is 0 Å². The summed E-state index contributed by atoms with van der Waals surface area (Å²) in [6.45, 7) is 0. The second-order valence-electron chi connectivity index (χ2n) is 3.28. The van der Waals surface area contributed by atoms with E-state index in [0.717, 1.165) is 0 Å². The molecule has 14 heavy (non-hydrogen) atoms. The summed E-state index contributed by atoms with van der Waals surface area (Å²) in [5, 5.41) is -2.26. The third-order valence-corrected chi connectivity index (χ3v) is 4.46. The largest absolute Gasteiger partial charge is 0.405 e. The van der Waals surface area contributed by atoms with Crippen LogP contribution in [0, 0.1) is 0 Å². The van der Waals surface area contributed by atoms with E-state index in [1.165, 1.54) is 7.11 Å². The quantitative estimate of drug-likeness (QED) is 0.681. The molecule has 1 heterocycles. The van der Waals surface area contributed by atoms with E-state index in [1.54, 1.807) is 0 Å². The van der Waals surface area contributed by atoms with Crippen LogP contribution in [0.2, 0.25) is 0 Å². The second-order valence-corrected chi connectivity index (χ2v) is 5.58. The van der Waals surface area contributed by atoms with Crippen LogP contribution in [0.3, 0.4) is 0 Å². The summed E-state index contributed by atoms with van der Waals surface area (Å²) in [7, 11) is -2.74. The highest BCUT2D eigenvalue weighted by atomic mass is 32.2. The van der Waals surface area contributed by atoms with Gasteiger partial charge in [-0.1, -0.05) is 0 Å². The van der Waals surface area contributed by atoms with Gasteiger partial charge in [-0.25, -0.2) is 8.42 Å². The topological polar surface area (TPSA) is 43.4 Å². The molecule has 3 nitrogen and oxygen atoms in total. The van der Waals surface area contributed by atoms with Crippen LogP contribution in [0.15, 0.2) is 0 Å². The molecule has 1 aliphatic heterocycles. The average Bonchev–Trinajstić information content (AvgIpc) is 2.01. The van der Waals surface area contributed by atoms with Crippen molar-refractivity contribution >= 4 is 9.84 Å². The molecule has 0 aromatic carbocycles. The Morgan fingerprint density at radius 2 is 1.93 bits per heavy atom. The van der Waals surface area contributed by atoms with Gasteiger partial charge in [-0.05, 0) is 12.8 Å². The van der Waals surface area contributed by atoms with Crippen molar-refractivity contribution in [1.82, 2.24) is 0 Å². The predicted molar refractivity (Wildman–Crippen MR) is 43.7 cm³/mol.